The standard InChI is InChI=1S/C19H22ClFN2O3S/c1-5-18(19(24)22-14-7-6-12(2)13(3)10-14)23(27(4,25)26)15-8-9-17(21)16(20)11-15/h6-11,18H,5H2,1-4H3,(H,22,24). The lowest BCUT2D eigenvalue weighted by molar-refractivity contribution is -0.117. The van der Waals surface area contributed by atoms with Crippen molar-refractivity contribution >= 4 is 38.9 Å². The van der Waals surface area contributed by atoms with Gasteiger partial charge in [-0.1, -0.05) is 24.6 Å². The molecule has 0 bridgehead atoms. The molecule has 2 aromatic rings. The van der Waals surface area contributed by atoms with E-state index in [9.17, 15) is 17.6 Å². The average Bonchev–Trinajstić information content (AvgIpc) is 2.57. The smallest absolute Gasteiger partial charge is 0.248 e. The number of nitrogens with one attached hydrogen (secondary N) is 1. The number of halogens is 2. The van der Waals surface area contributed by atoms with Crippen LogP contribution in [0.25, 0.3) is 0 Å². The molecule has 1 N–H and O–H groups in total. The molecule has 0 heterocycles. The maximum atomic E-state index is 13.5. The molecule has 1 amide bonds. The first-order valence-electron chi connectivity index (χ1n) is 8.37. The second kappa shape index (κ2) is 8.27. The third kappa shape index (κ3) is 4.99. The fourth-order valence-electron chi connectivity index (χ4n) is 2.73. The van der Waals surface area contributed by atoms with Crippen LogP contribution in [0, 0.1) is 19.7 Å². The summed E-state index contributed by atoms with van der Waals surface area (Å²) in [7, 11) is -3.82. The summed E-state index contributed by atoms with van der Waals surface area (Å²) in [4.78, 5) is 12.8. The molecule has 1 unspecified atom stereocenters. The molecule has 1 atom stereocenters. The van der Waals surface area contributed by atoms with E-state index >= 15 is 0 Å². The third-order valence-corrected chi connectivity index (χ3v) is 5.73. The van der Waals surface area contributed by atoms with Crippen molar-refractivity contribution in [3.63, 3.8) is 0 Å². The molecule has 0 aliphatic rings. The van der Waals surface area contributed by atoms with Gasteiger partial charge < -0.3 is 5.32 Å². The summed E-state index contributed by atoms with van der Waals surface area (Å²) >= 11 is 5.80. The van der Waals surface area contributed by atoms with Gasteiger partial charge in [0.2, 0.25) is 15.9 Å². The number of amides is 1. The maximum Gasteiger partial charge on any atom is 0.248 e. The van der Waals surface area contributed by atoms with Crippen LogP contribution in [-0.4, -0.2) is 26.6 Å². The van der Waals surface area contributed by atoms with Crippen LogP contribution in [0.5, 0.6) is 0 Å². The molecule has 0 radical (unpaired) electrons. The van der Waals surface area contributed by atoms with E-state index in [2.05, 4.69) is 5.32 Å². The Kier molecular flexibility index (Phi) is 6.49. The molecule has 5 nitrogen and oxygen atoms in total. The Bertz CT molecular complexity index is 963. The molecule has 0 aliphatic heterocycles. The predicted octanol–water partition coefficient (Wildman–Crippen LogP) is 4.28. The summed E-state index contributed by atoms with van der Waals surface area (Å²) in [5, 5.41) is 2.54. The highest BCUT2D eigenvalue weighted by Gasteiger charge is 2.32. The van der Waals surface area contributed by atoms with Crippen molar-refractivity contribution in [3.8, 4) is 0 Å². The van der Waals surface area contributed by atoms with Gasteiger partial charge in [-0.15, -0.1) is 0 Å². The molecule has 0 saturated heterocycles. The van der Waals surface area contributed by atoms with Gasteiger partial charge in [0, 0.05) is 5.69 Å². The SMILES string of the molecule is CCC(C(=O)Nc1ccc(C)c(C)c1)N(c1ccc(F)c(Cl)c1)S(C)(=O)=O. The van der Waals surface area contributed by atoms with Crippen LogP contribution in [0.2, 0.25) is 5.02 Å². The lowest BCUT2D eigenvalue weighted by Crippen LogP contribution is -2.47. The first kappa shape index (κ1) is 21.2. The highest BCUT2D eigenvalue weighted by atomic mass is 35.5. The number of benzene rings is 2. The number of sulfonamides is 1. The summed E-state index contributed by atoms with van der Waals surface area (Å²) in [5.74, 6) is -1.15. The van der Waals surface area contributed by atoms with Gasteiger partial charge in [-0.05, 0) is 61.7 Å². The minimum Gasteiger partial charge on any atom is -0.324 e. The number of nitrogens with zero attached hydrogens (tertiary/aromatic N) is 1. The molecule has 2 rings (SSSR count). The summed E-state index contributed by atoms with van der Waals surface area (Å²) in [6, 6.07) is 8.00. The van der Waals surface area contributed by atoms with E-state index in [1.165, 1.54) is 12.1 Å². The molecule has 8 heteroatoms. The highest BCUT2D eigenvalue weighted by molar-refractivity contribution is 7.92. The van der Waals surface area contributed by atoms with E-state index in [1.807, 2.05) is 26.0 Å². The van der Waals surface area contributed by atoms with E-state index in [0.717, 1.165) is 27.8 Å². The molecule has 2 aromatic carbocycles. The third-order valence-electron chi connectivity index (χ3n) is 4.26. The lowest BCUT2D eigenvalue weighted by Gasteiger charge is -2.30. The molecule has 27 heavy (non-hydrogen) atoms. The number of aryl methyl sites for hydroxylation is 2. The van der Waals surface area contributed by atoms with Crippen LogP contribution in [0.3, 0.4) is 0 Å². The fourth-order valence-corrected chi connectivity index (χ4v) is 4.11. The summed E-state index contributed by atoms with van der Waals surface area (Å²) in [6.07, 6.45) is 1.22. The Labute approximate surface area is 164 Å². The number of carbonyl (C=O) groups excluding carboxylic acids is 1. The topological polar surface area (TPSA) is 66.5 Å². The minimum absolute atomic E-state index is 0.131. The van der Waals surface area contributed by atoms with Crippen molar-refractivity contribution in [1.29, 1.82) is 0 Å². The van der Waals surface area contributed by atoms with Crippen LogP contribution < -0.4 is 9.62 Å². The second-order valence-electron chi connectivity index (χ2n) is 6.37. The van der Waals surface area contributed by atoms with Crippen LogP contribution in [0.4, 0.5) is 15.8 Å². The van der Waals surface area contributed by atoms with Crippen molar-refractivity contribution in [2.75, 3.05) is 15.9 Å². The zero-order chi connectivity index (χ0) is 20.4. The molecule has 146 valence electrons. The molecule has 0 spiro atoms. The molecular weight excluding hydrogens is 391 g/mol. The summed E-state index contributed by atoms with van der Waals surface area (Å²) < 4.78 is 39.2. The first-order valence-corrected chi connectivity index (χ1v) is 10.6. The molecule has 0 aromatic heterocycles. The monoisotopic (exact) mass is 412 g/mol. The van der Waals surface area contributed by atoms with Crippen molar-refractivity contribution in [1.82, 2.24) is 0 Å². The maximum absolute atomic E-state index is 13.5. The Morgan fingerprint density at radius 3 is 2.37 bits per heavy atom. The molecule has 0 fully saturated rings. The second-order valence-corrected chi connectivity index (χ2v) is 8.64. The summed E-state index contributed by atoms with van der Waals surface area (Å²) in [5.41, 5.74) is 2.79. The van der Waals surface area contributed by atoms with Gasteiger partial charge in [0.05, 0.1) is 17.0 Å². The first-order chi connectivity index (χ1) is 12.5. The molecular formula is C19H22ClFN2O3S. The Balaban J connectivity index is 2.40. The van der Waals surface area contributed by atoms with E-state index < -0.39 is 27.8 Å². The van der Waals surface area contributed by atoms with Crippen LogP contribution >= 0.6 is 11.6 Å². The van der Waals surface area contributed by atoms with Crippen molar-refractivity contribution in [2.45, 2.75) is 33.2 Å². The van der Waals surface area contributed by atoms with Crippen LogP contribution in [-0.2, 0) is 14.8 Å². The Hall–Kier alpha value is -2.12. The normalized spacial score (nSPS) is 12.5. The van der Waals surface area contributed by atoms with Gasteiger partial charge in [0.1, 0.15) is 11.9 Å². The van der Waals surface area contributed by atoms with Gasteiger partial charge in [0.25, 0.3) is 0 Å². The lowest BCUT2D eigenvalue weighted by atomic mass is 10.1. The fraction of sp³-hybridized carbons (Fsp3) is 0.316. The highest BCUT2D eigenvalue weighted by Crippen LogP contribution is 2.28. The van der Waals surface area contributed by atoms with Crippen molar-refractivity contribution in [3.05, 3.63) is 58.4 Å². The average molecular weight is 413 g/mol. The van der Waals surface area contributed by atoms with Crippen LogP contribution in [0.15, 0.2) is 36.4 Å². The van der Waals surface area contributed by atoms with Crippen LogP contribution in [0.1, 0.15) is 24.5 Å². The van der Waals surface area contributed by atoms with Gasteiger partial charge in [-0.3, -0.25) is 9.10 Å². The van der Waals surface area contributed by atoms with E-state index in [-0.39, 0.29) is 17.1 Å². The molecule has 0 saturated carbocycles. The number of hydrogen-bond acceptors (Lipinski definition) is 3. The quantitative estimate of drug-likeness (QED) is 0.770. The Morgan fingerprint density at radius 2 is 1.85 bits per heavy atom. The number of anilines is 2. The zero-order valence-corrected chi connectivity index (χ0v) is 17.2. The zero-order valence-electron chi connectivity index (χ0n) is 15.6. The minimum atomic E-state index is -3.82. The number of hydrogen-bond donors (Lipinski definition) is 1. The summed E-state index contributed by atoms with van der Waals surface area (Å²) in [6.45, 7) is 5.58. The van der Waals surface area contributed by atoms with E-state index in [4.69, 9.17) is 11.6 Å². The predicted molar refractivity (Wildman–Crippen MR) is 107 cm³/mol. The molecule has 0 aliphatic carbocycles. The van der Waals surface area contributed by atoms with Gasteiger partial charge in [-0.2, -0.15) is 0 Å². The Morgan fingerprint density at radius 1 is 1.19 bits per heavy atom. The van der Waals surface area contributed by atoms with Gasteiger partial charge in [-0.25, -0.2) is 12.8 Å². The number of carbonyl (C=O) groups is 1. The largest absolute Gasteiger partial charge is 0.324 e. The van der Waals surface area contributed by atoms with E-state index in [1.54, 1.807) is 13.0 Å². The van der Waals surface area contributed by atoms with Gasteiger partial charge in [0.15, 0.2) is 0 Å². The number of rotatable bonds is 6. The van der Waals surface area contributed by atoms with Crippen molar-refractivity contribution < 1.29 is 17.6 Å². The van der Waals surface area contributed by atoms with E-state index in [0.29, 0.717) is 5.69 Å². The van der Waals surface area contributed by atoms with Crippen molar-refractivity contribution in [2.24, 2.45) is 0 Å². The van der Waals surface area contributed by atoms with Gasteiger partial charge >= 0.3 is 0 Å².